The molecule has 1 aromatic rings. The maximum Gasteiger partial charge on any atom is 0.330 e. The van der Waals surface area contributed by atoms with Crippen LogP contribution in [0.1, 0.15) is 24.8 Å². The molecule has 29 heavy (non-hydrogen) atoms. The third kappa shape index (κ3) is 9.37. The van der Waals surface area contributed by atoms with Crippen LogP contribution in [0.15, 0.2) is 73.9 Å². The molecule has 0 N–H and O–H groups in total. The standard InChI is InChI=1S/C23H26O6/c1-4-21(24)27-15-12-19(13-16-28-22(25)5-2)20(14-17-29-23(26)6-3)18-10-8-7-9-11-18/h4-11H,1-3,12-17H2. The van der Waals surface area contributed by atoms with Crippen LogP contribution in [0.3, 0.4) is 0 Å². The molecular formula is C23H26O6. The van der Waals surface area contributed by atoms with Gasteiger partial charge in [-0.05, 0) is 11.1 Å². The van der Waals surface area contributed by atoms with E-state index in [4.69, 9.17) is 14.2 Å². The summed E-state index contributed by atoms with van der Waals surface area (Å²) in [5.74, 6) is -1.52. The average molecular weight is 398 g/mol. The predicted octanol–water partition coefficient (Wildman–Crippen LogP) is 3.80. The van der Waals surface area contributed by atoms with Gasteiger partial charge in [-0.3, -0.25) is 0 Å². The third-order valence-electron chi connectivity index (χ3n) is 3.94. The lowest BCUT2D eigenvalue weighted by molar-refractivity contribution is -0.138. The van der Waals surface area contributed by atoms with Gasteiger partial charge in [0.2, 0.25) is 0 Å². The predicted molar refractivity (Wildman–Crippen MR) is 111 cm³/mol. The summed E-state index contributed by atoms with van der Waals surface area (Å²) in [5, 5.41) is 0. The van der Waals surface area contributed by atoms with Crippen molar-refractivity contribution in [3.05, 3.63) is 79.4 Å². The molecule has 0 amide bonds. The molecule has 0 unspecified atom stereocenters. The highest BCUT2D eigenvalue weighted by atomic mass is 16.5. The zero-order valence-corrected chi connectivity index (χ0v) is 16.4. The molecule has 0 saturated heterocycles. The smallest absolute Gasteiger partial charge is 0.330 e. The van der Waals surface area contributed by atoms with Crippen LogP contribution in [0, 0.1) is 0 Å². The van der Waals surface area contributed by atoms with Crippen LogP contribution in [0.4, 0.5) is 0 Å². The van der Waals surface area contributed by atoms with E-state index < -0.39 is 17.9 Å². The van der Waals surface area contributed by atoms with Crippen molar-refractivity contribution >= 4 is 23.5 Å². The minimum atomic E-state index is -0.511. The van der Waals surface area contributed by atoms with Gasteiger partial charge in [0.1, 0.15) is 0 Å². The lowest BCUT2D eigenvalue weighted by atomic mass is 9.93. The van der Waals surface area contributed by atoms with Crippen molar-refractivity contribution in [2.75, 3.05) is 19.8 Å². The Morgan fingerprint density at radius 2 is 1.10 bits per heavy atom. The number of carbonyl (C=O) groups excluding carboxylic acids is 3. The van der Waals surface area contributed by atoms with Crippen LogP contribution >= 0.6 is 0 Å². The Labute approximate surface area is 171 Å². The Hall–Kier alpha value is -3.41. The lowest BCUT2D eigenvalue weighted by Crippen LogP contribution is -2.09. The molecule has 6 nitrogen and oxygen atoms in total. The maximum absolute atomic E-state index is 11.4. The summed E-state index contributed by atoms with van der Waals surface area (Å²) in [6, 6.07) is 9.58. The molecule has 0 aliphatic carbocycles. The number of ether oxygens (including phenoxy) is 3. The molecular weight excluding hydrogens is 372 g/mol. The number of rotatable bonds is 13. The molecule has 0 atom stereocenters. The lowest BCUT2D eigenvalue weighted by Gasteiger charge is -2.17. The van der Waals surface area contributed by atoms with Crippen LogP contribution in [0.25, 0.3) is 5.57 Å². The van der Waals surface area contributed by atoms with Crippen LogP contribution in [0.2, 0.25) is 0 Å². The summed E-state index contributed by atoms with van der Waals surface area (Å²) in [4.78, 5) is 34.1. The normalized spacial score (nSPS) is 9.66. The molecule has 6 heteroatoms. The van der Waals surface area contributed by atoms with E-state index in [-0.39, 0.29) is 19.8 Å². The molecule has 0 radical (unpaired) electrons. The van der Waals surface area contributed by atoms with E-state index in [1.807, 2.05) is 30.3 Å². The summed E-state index contributed by atoms with van der Waals surface area (Å²) in [6.45, 7) is 10.6. The first kappa shape index (κ1) is 23.6. The molecule has 0 heterocycles. The molecule has 0 aromatic heterocycles. The van der Waals surface area contributed by atoms with E-state index in [0.29, 0.717) is 19.3 Å². The summed E-state index contributed by atoms with van der Waals surface area (Å²) in [6.07, 6.45) is 4.62. The van der Waals surface area contributed by atoms with Crippen LogP contribution in [-0.2, 0) is 28.6 Å². The Morgan fingerprint density at radius 1 is 0.690 bits per heavy atom. The molecule has 0 aliphatic heterocycles. The van der Waals surface area contributed by atoms with Gasteiger partial charge in [-0.1, -0.05) is 55.6 Å². The minimum absolute atomic E-state index is 0.151. The second kappa shape index (κ2) is 13.7. The van der Waals surface area contributed by atoms with E-state index in [9.17, 15) is 14.4 Å². The third-order valence-corrected chi connectivity index (χ3v) is 3.94. The first-order valence-corrected chi connectivity index (χ1v) is 9.15. The van der Waals surface area contributed by atoms with E-state index in [1.165, 1.54) is 0 Å². The molecule has 0 bridgehead atoms. The van der Waals surface area contributed by atoms with Gasteiger partial charge >= 0.3 is 17.9 Å². The summed E-state index contributed by atoms with van der Waals surface area (Å²) < 4.78 is 15.3. The Morgan fingerprint density at radius 3 is 1.52 bits per heavy atom. The highest BCUT2D eigenvalue weighted by molar-refractivity contribution is 5.82. The minimum Gasteiger partial charge on any atom is -0.462 e. The van der Waals surface area contributed by atoms with E-state index in [0.717, 1.165) is 34.9 Å². The SMILES string of the molecule is C=CC(=O)OCCC(CCOC(=O)C=C)=C(CCOC(=O)C=C)c1ccccc1. The summed E-state index contributed by atoms with van der Waals surface area (Å²) in [7, 11) is 0. The van der Waals surface area contributed by atoms with Gasteiger partial charge in [-0.2, -0.15) is 0 Å². The fraction of sp³-hybridized carbons (Fsp3) is 0.261. The first-order chi connectivity index (χ1) is 14.0. The van der Waals surface area contributed by atoms with Crippen LogP contribution in [-0.4, -0.2) is 37.7 Å². The van der Waals surface area contributed by atoms with Gasteiger partial charge in [0.05, 0.1) is 19.8 Å². The highest BCUT2D eigenvalue weighted by Gasteiger charge is 2.12. The zero-order chi connectivity index (χ0) is 21.5. The monoisotopic (exact) mass is 398 g/mol. The molecule has 0 spiro atoms. The average Bonchev–Trinajstić information content (AvgIpc) is 2.75. The van der Waals surface area contributed by atoms with Crippen molar-refractivity contribution in [2.24, 2.45) is 0 Å². The van der Waals surface area contributed by atoms with Gasteiger partial charge in [-0.15, -0.1) is 0 Å². The topological polar surface area (TPSA) is 78.9 Å². The summed E-state index contributed by atoms with van der Waals surface area (Å²) >= 11 is 0. The molecule has 1 rings (SSSR count). The fourth-order valence-electron chi connectivity index (χ4n) is 2.57. The summed E-state index contributed by atoms with van der Waals surface area (Å²) in [5.41, 5.74) is 2.81. The molecule has 154 valence electrons. The van der Waals surface area contributed by atoms with Crippen molar-refractivity contribution in [1.82, 2.24) is 0 Å². The first-order valence-electron chi connectivity index (χ1n) is 9.15. The zero-order valence-electron chi connectivity index (χ0n) is 16.4. The molecule has 0 saturated carbocycles. The van der Waals surface area contributed by atoms with Gasteiger partial charge < -0.3 is 14.2 Å². The maximum atomic E-state index is 11.4. The van der Waals surface area contributed by atoms with E-state index in [2.05, 4.69) is 19.7 Å². The van der Waals surface area contributed by atoms with Crippen molar-refractivity contribution in [3.63, 3.8) is 0 Å². The van der Waals surface area contributed by atoms with Gasteiger partial charge in [-0.25, -0.2) is 14.4 Å². The number of carbonyl (C=O) groups is 3. The quantitative estimate of drug-likeness (QED) is 0.286. The van der Waals surface area contributed by atoms with Crippen molar-refractivity contribution in [3.8, 4) is 0 Å². The largest absolute Gasteiger partial charge is 0.462 e. The molecule has 0 aliphatic rings. The Balaban J connectivity index is 3.07. The number of hydrogen-bond donors (Lipinski definition) is 0. The molecule has 0 fully saturated rings. The number of hydrogen-bond acceptors (Lipinski definition) is 6. The van der Waals surface area contributed by atoms with E-state index >= 15 is 0 Å². The fourth-order valence-corrected chi connectivity index (χ4v) is 2.57. The van der Waals surface area contributed by atoms with Gasteiger partial charge in [0.25, 0.3) is 0 Å². The Kier molecular flexibility index (Phi) is 11.2. The van der Waals surface area contributed by atoms with Gasteiger partial charge in [0, 0.05) is 37.5 Å². The highest BCUT2D eigenvalue weighted by Crippen LogP contribution is 2.27. The van der Waals surface area contributed by atoms with Crippen molar-refractivity contribution in [1.29, 1.82) is 0 Å². The Bertz CT molecular complexity index is 733. The second-order valence-electron chi connectivity index (χ2n) is 5.81. The molecule has 1 aromatic carbocycles. The number of esters is 3. The van der Waals surface area contributed by atoms with Crippen LogP contribution < -0.4 is 0 Å². The second-order valence-corrected chi connectivity index (χ2v) is 5.81. The van der Waals surface area contributed by atoms with Crippen LogP contribution in [0.5, 0.6) is 0 Å². The van der Waals surface area contributed by atoms with Crippen molar-refractivity contribution < 1.29 is 28.6 Å². The van der Waals surface area contributed by atoms with Crippen molar-refractivity contribution in [2.45, 2.75) is 19.3 Å². The van der Waals surface area contributed by atoms with Gasteiger partial charge in [0.15, 0.2) is 0 Å². The van der Waals surface area contributed by atoms with E-state index in [1.54, 1.807) is 0 Å². The number of benzene rings is 1.